The summed E-state index contributed by atoms with van der Waals surface area (Å²) in [5.74, 6) is 0.864. The maximum Gasteiger partial charge on any atom is 0.333 e. The van der Waals surface area contributed by atoms with E-state index < -0.39 is 23.4 Å². The second-order valence-electron chi connectivity index (χ2n) is 13.1. The summed E-state index contributed by atoms with van der Waals surface area (Å²) in [6, 6.07) is 0. The molecule has 0 bridgehead atoms. The van der Waals surface area contributed by atoms with Crippen molar-refractivity contribution < 1.29 is 29.4 Å². The monoisotopic (exact) mass is 516 g/mol. The standard InChI is InChI=1S/C29H44N2O6/c1-17(32)21-8-9-22-20-7-6-18-14-19(10-12-28(18,4)23(20)11-13-29(21,22)5)31-37-15-24(33)30-16-27(2,3)25(34)26(35)36/h14,20-23,25,34H,6-13,15-16H2,1-5H3,(H,30,33)(H,35,36)/b31-19-. The minimum Gasteiger partial charge on any atom is -0.479 e. The fourth-order valence-corrected chi connectivity index (χ4v) is 8.29. The van der Waals surface area contributed by atoms with E-state index >= 15 is 0 Å². The first-order valence-electron chi connectivity index (χ1n) is 13.9. The van der Waals surface area contributed by atoms with Crippen LogP contribution in [0.15, 0.2) is 16.8 Å². The topological polar surface area (TPSA) is 125 Å². The van der Waals surface area contributed by atoms with Gasteiger partial charge in [0.1, 0.15) is 5.78 Å². The molecule has 0 spiro atoms. The Balaban J connectivity index is 1.35. The van der Waals surface area contributed by atoms with Crippen LogP contribution in [-0.2, 0) is 19.2 Å². The molecule has 0 heterocycles. The minimum atomic E-state index is -1.57. The number of hydrogen-bond acceptors (Lipinski definition) is 6. The van der Waals surface area contributed by atoms with Gasteiger partial charge < -0.3 is 20.4 Å². The Labute approximate surface area is 220 Å². The zero-order valence-corrected chi connectivity index (χ0v) is 23.0. The fourth-order valence-electron chi connectivity index (χ4n) is 8.29. The Bertz CT molecular complexity index is 1000. The molecule has 7 atom stereocenters. The van der Waals surface area contributed by atoms with Crippen LogP contribution < -0.4 is 5.32 Å². The Kier molecular flexibility index (Phi) is 7.63. The zero-order chi connectivity index (χ0) is 27.2. The van der Waals surface area contributed by atoms with Crippen molar-refractivity contribution in [1.82, 2.24) is 5.32 Å². The Morgan fingerprint density at radius 2 is 1.86 bits per heavy atom. The number of aliphatic carboxylic acids is 1. The molecule has 4 rings (SSSR count). The number of hydrogen-bond donors (Lipinski definition) is 3. The second-order valence-corrected chi connectivity index (χ2v) is 13.1. The number of allylic oxidation sites excluding steroid dienone is 2. The number of fused-ring (bicyclic) bond motifs is 5. The number of carbonyl (C=O) groups excluding carboxylic acids is 2. The van der Waals surface area contributed by atoms with Gasteiger partial charge in [-0.05, 0) is 93.0 Å². The van der Waals surface area contributed by atoms with Gasteiger partial charge in [0, 0.05) is 17.9 Å². The van der Waals surface area contributed by atoms with Gasteiger partial charge in [0.05, 0.1) is 5.71 Å². The van der Waals surface area contributed by atoms with Crippen molar-refractivity contribution in [3.63, 3.8) is 0 Å². The van der Waals surface area contributed by atoms with Gasteiger partial charge in [0.25, 0.3) is 5.91 Å². The lowest BCUT2D eigenvalue weighted by molar-refractivity contribution is -0.153. The van der Waals surface area contributed by atoms with Crippen LogP contribution in [0.4, 0.5) is 0 Å². The van der Waals surface area contributed by atoms with E-state index in [4.69, 9.17) is 9.94 Å². The van der Waals surface area contributed by atoms with Crippen molar-refractivity contribution in [2.24, 2.45) is 45.1 Å². The number of aliphatic hydroxyl groups is 1. The van der Waals surface area contributed by atoms with Crippen molar-refractivity contribution in [2.75, 3.05) is 13.2 Å². The van der Waals surface area contributed by atoms with Gasteiger partial charge >= 0.3 is 5.97 Å². The van der Waals surface area contributed by atoms with Crippen molar-refractivity contribution in [2.45, 2.75) is 92.1 Å². The highest BCUT2D eigenvalue weighted by atomic mass is 16.6. The van der Waals surface area contributed by atoms with Crippen molar-refractivity contribution >= 4 is 23.4 Å². The maximum atomic E-state index is 12.4. The highest BCUT2D eigenvalue weighted by Crippen LogP contribution is 2.66. The highest BCUT2D eigenvalue weighted by Gasteiger charge is 2.59. The van der Waals surface area contributed by atoms with E-state index in [1.807, 2.05) is 0 Å². The molecule has 8 heteroatoms. The first kappa shape index (κ1) is 27.8. The van der Waals surface area contributed by atoms with Gasteiger partial charge in [-0.3, -0.25) is 9.59 Å². The molecular weight excluding hydrogens is 472 g/mol. The van der Waals surface area contributed by atoms with E-state index in [1.54, 1.807) is 20.8 Å². The van der Waals surface area contributed by atoms with E-state index in [0.717, 1.165) is 37.8 Å². The molecule has 8 nitrogen and oxygen atoms in total. The molecule has 0 aromatic heterocycles. The summed E-state index contributed by atoms with van der Waals surface area (Å²) in [4.78, 5) is 40.9. The summed E-state index contributed by atoms with van der Waals surface area (Å²) in [7, 11) is 0. The summed E-state index contributed by atoms with van der Waals surface area (Å²) in [6.45, 7) is 9.50. The van der Waals surface area contributed by atoms with Crippen LogP contribution >= 0.6 is 0 Å². The largest absolute Gasteiger partial charge is 0.479 e. The number of nitrogens with one attached hydrogen (secondary N) is 1. The van der Waals surface area contributed by atoms with Gasteiger partial charge in [-0.2, -0.15) is 0 Å². The SMILES string of the molecule is CC(=O)C1CCC2C3CCC4=C/C(=N\OCC(=O)NCC(C)(C)C(O)C(=O)O)CCC4(C)C3CCC12C. The molecule has 4 aliphatic rings. The number of Topliss-reactive ketones (excluding diaryl/α,β-unsaturated/α-hetero) is 1. The lowest BCUT2D eigenvalue weighted by atomic mass is 9.46. The summed E-state index contributed by atoms with van der Waals surface area (Å²) < 4.78 is 0. The number of carbonyl (C=O) groups is 3. The molecule has 3 fully saturated rings. The fraction of sp³-hybridized carbons (Fsp3) is 0.793. The molecule has 37 heavy (non-hydrogen) atoms. The second kappa shape index (κ2) is 10.2. The van der Waals surface area contributed by atoms with Gasteiger partial charge in [-0.1, -0.05) is 38.4 Å². The average molecular weight is 517 g/mol. The molecule has 0 saturated heterocycles. The maximum absolute atomic E-state index is 12.4. The number of nitrogens with zero attached hydrogens (tertiary/aromatic N) is 1. The Morgan fingerprint density at radius 1 is 1.14 bits per heavy atom. The third-order valence-electron chi connectivity index (χ3n) is 10.6. The molecule has 0 aliphatic heterocycles. The predicted octanol–water partition coefficient (Wildman–Crippen LogP) is 4.11. The number of oxime groups is 1. The van der Waals surface area contributed by atoms with Crippen LogP contribution in [0.25, 0.3) is 0 Å². The summed E-state index contributed by atoms with van der Waals surface area (Å²) in [6.07, 6.45) is 9.23. The van der Waals surface area contributed by atoms with Crippen LogP contribution in [0.3, 0.4) is 0 Å². The average Bonchev–Trinajstić information content (AvgIpc) is 3.20. The summed E-state index contributed by atoms with van der Waals surface area (Å²) in [5, 5.41) is 25.6. The van der Waals surface area contributed by atoms with Gasteiger partial charge in [-0.15, -0.1) is 0 Å². The van der Waals surface area contributed by atoms with Crippen molar-refractivity contribution in [3.8, 4) is 0 Å². The molecule has 3 N–H and O–H groups in total. The number of carboxylic acids is 1. The third-order valence-corrected chi connectivity index (χ3v) is 10.6. The lowest BCUT2D eigenvalue weighted by Crippen LogP contribution is -2.51. The van der Waals surface area contributed by atoms with E-state index in [1.165, 1.54) is 24.8 Å². The molecule has 206 valence electrons. The van der Waals surface area contributed by atoms with E-state index in [0.29, 0.717) is 23.5 Å². The van der Waals surface area contributed by atoms with Gasteiger partial charge in [-0.25, -0.2) is 4.79 Å². The molecule has 4 aliphatic carbocycles. The molecule has 0 aromatic rings. The Hall–Kier alpha value is -2.22. The van der Waals surface area contributed by atoms with Crippen LogP contribution in [0, 0.1) is 39.9 Å². The van der Waals surface area contributed by atoms with Crippen molar-refractivity contribution in [3.05, 3.63) is 11.6 Å². The zero-order valence-electron chi connectivity index (χ0n) is 23.0. The number of rotatable bonds is 8. The summed E-state index contributed by atoms with van der Waals surface area (Å²) in [5.41, 5.74) is 1.62. The van der Waals surface area contributed by atoms with Crippen LogP contribution in [0.2, 0.25) is 0 Å². The Morgan fingerprint density at radius 3 is 2.54 bits per heavy atom. The van der Waals surface area contributed by atoms with E-state index in [2.05, 4.69) is 30.4 Å². The first-order chi connectivity index (χ1) is 17.3. The molecule has 0 aromatic carbocycles. The van der Waals surface area contributed by atoms with Crippen LogP contribution in [-0.4, -0.2) is 52.8 Å². The quantitative estimate of drug-likeness (QED) is 0.417. The number of aliphatic hydroxyl groups excluding tert-OH is 1. The lowest BCUT2D eigenvalue weighted by Gasteiger charge is -2.58. The third kappa shape index (κ3) is 5.10. The van der Waals surface area contributed by atoms with E-state index in [9.17, 15) is 19.5 Å². The van der Waals surface area contributed by atoms with Gasteiger partial charge in [0.15, 0.2) is 12.7 Å². The predicted molar refractivity (Wildman–Crippen MR) is 140 cm³/mol. The normalized spacial score (nSPS) is 37.0. The molecular formula is C29H44N2O6. The number of carboxylic acid groups (broad SMARTS) is 1. The number of ketones is 1. The molecule has 1 amide bonds. The van der Waals surface area contributed by atoms with Crippen molar-refractivity contribution in [1.29, 1.82) is 0 Å². The highest BCUT2D eigenvalue weighted by molar-refractivity contribution is 5.96. The van der Waals surface area contributed by atoms with Crippen LogP contribution in [0.5, 0.6) is 0 Å². The smallest absolute Gasteiger partial charge is 0.333 e. The molecule has 0 radical (unpaired) electrons. The summed E-state index contributed by atoms with van der Waals surface area (Å²) >= 11 is 0. The van der Waals surface area contributed by atoms with Crippen LogP contribution in [0.1, 0.15) is 86.0 Å². The van der Waals surface area contributed by atoms with E-state index in [-0.39, 0.29) is 29.9 Å². The molecule has 7 unspecified atom stereocenters. The first-order valence-corrected chi connectivity index (χ1v) is 13.9. The minimum absolute atomic E-state index is 0.0113. The van der Waals surface area contributed by atoms with Gasteiger partial charge in [0.2, 0.25) is 0 Å². The number of amides is 1. The molecule has 3 saturated carbocycles.